The number of aryl methyl sites for hydroxylation is 2. The number of non-ortho nitro benzene ring substituents is 1. The van der Waals surface area contributed by atoms with E-state index in [1.807, 2.05) is 19.9 Å². The molecule has 0 radical (unpaired) electrons. The van der Waals surface area contributed by atoms with E-state index in [0.29, 0.717) is 5.69 Å². The van der Waals surface area contributed by atoms with Gasteiger partial charge < -0.3 is 5.32 Å². The van der Waals surface area contributed by atoms with E-state index in [1.165, 1.54) is 22.5 Å². The highest BCUT2D eigenvalue weighted by Gasteiger charge is 2.19. The Morgan fingerprint density at radius 1 is 1.17 bits per heavy atom. The van der Waals surface area contributed by atoms with Crippen LogP contribution in [0.25, 0.3) is 0 Å². The second-order valence-electron chi connectivity index (χ2n) is 6.75. The van der Waals surface area contributed by atoms with Crippen molar-refractivity contribution in [1.29, 1.82) is 0 Å². The van der Waals surface area contributed by atoms with Gasteiger partial charge in [0, 0.05) is 25.1 Å². The van der Waals surface area contributed by atoms with Crippen molar-refractivity contribution in [3.63, 3.8) is 0 Å². The van der Waals surface area contributed by atoms with Crippen molar-refractivity contribution in [2.75, 3.05) is 22.4 Å². The third kappa shape index (κ3) is 6.43. The normalized spacial score (nSPS) is 11.2. The van der Waals surface area contributed by atoms with Gasteiger partial charge in [0.1, 0.15) is 0 Å². The van der Waals surface area contributed by atoms with Crippen LogP contribution in [0.2, 0.25) is 5.02 Å². The lowest BCUT2D eigenvalue weighted by Gasteiger charge is -2.23. The Kier molecular flexibility index (Phi) is 7.21. The molecule has 2 aromatic rings. The number of nitro groups is 1. The molecular formula is C19H22ClN3O5S. The molecule has 0 aliphatic rings. The molecule has 1 N–H and O–H groups in total. The van der Waals surface area contributed by atoms with Gasteiger partial charge in [-0.1, -0.05) is 17.7 Å². The Bertz CT molecular complexity index is 1020. The zero-order valence-electron chi connectivity index (χ0n) is 16.3. The van der Waals surface area contributed by atoms with Gasteiger partial charge in [0.15, 0.2) is 0 Å². The van der Waals surface area contributed by atoms with Gasteiger partial charge in [-0.3, -0.25) is 19.2 Å². The fourth-order valence-electron chi connectivity index (χ4n) is 2.90. The van der Waals surface area contributed by atoms with Crippen molar-refractivity contribution >= 4 is 44.6 Å². The van der Waals surface area contributed by atoms with Crippen LogP contribution in [0.5, 0.6) is 0 Å². The van der Waals surface area contributed by atoms with E-state index in [-0.39, 0.29) is 35.8 Å². The summed E-state index contributed by atoms with van der Waals surface area (Å²) in [4.78, 5) is 22.5. The summed E-state index contributed by atoms with van der Waals surface area (Å²) in [6.45, 7) is 3.89. The molecule has 0 spiro atoms. The number of sulfonamides is 1. The molecule has 0 atom stereocenters. The van der Waals surface area contributed by atoms with Gasteiger partial charge in [-0.05, 0) is 49.6 Å². The molecule has 156 valence electrons. The number of rotatable bonds is 8. The highest BCUT2D eigenvalue weighted by Crippen LogP contribution is 2.27. The van der Waals surface area contributed by atoms with Gasteiger partial charge in [-0.2, -0.15) is 0 Å². The summed E-state index contributed by atoms with van der Waals surface area (Å²) in [5.74, 6) is -0.415. The van der Waals surface area contributed by atoms with Crippen LogP contribution in [0.3, 0.4) is 0 Å². The summed E-state index contributed by atoms with van der Waals surface area (Å²) in [6, 6.07) is 9.25. The molecule has 2 aromatic carbocycles. The van der Waals surface area contributed by atoms with Gasteiger partial charge in [0.25, 0.3) is 5.69 Å². The average Bonchev–Trinajstić information content (AvgIpc) is 2.58. The van der Waals surface area contributed by atoms with Crippen molar-refractivity contribution in [2.24, 2.45) is 0 Å². The van der Waals surface area contributed by atoms with Crippen molar-refractivity contribution in [3.8, 4) is 0 Å². The Morgan fingerprint density at radius 3 is 2.34 bits per heavy atom. The zero-order valence-corrected chi connectivity index (χ0v) is 17.9. The van der Waals surface area contributed by atoms with E-state index in [0.717, 1.165) is 17.4 Å². The molecule has 0 saturated heterocycles. The summed E-state index contributed by atoms with van der Waals surface area (Å²) in [7, 11) is -3.52. The lowest BCUT2D eigenvalue weighted by Crippen LogP contribution is -2.31. The van der Waals surface area contributed by atoms with Gasteiger partial charge in [0.05, 0.1) is 27.6 Å². The number of nitrogens with zero attached hydrogens (tertiary/aromatic N) is 2. The topological polar surface area (TPSA) is 110 Å². The van der Waals surface area contributed by atoms with Crippen LogP contribution in [0.15, 0.2) is 36.4 Å². The second-order valence-corrected chi connectivity index (χ2v) is 9.07. The third-order valence-electron chi connectivity index (χ3n) is 4.09. The molecule has 0 fully saturated rings. The molecular weight excluding hydrogens is 418 g/mol. The molecule has 0 bridgehead atoms. The minimum Gasteiger partial charge on any atom is -0.325 e. The van der Waals surface area contributed by atoms with Crippen LogP contribution in [-0.4, -0.2) is 32.0 Å². The highest BCUT2D eigenvalue weighted by molar-refractivity contribution is 7.92. The average molecular weight is 440 g/mol. The van der Waals surface area contributed by atoms with E-state index >= 15 is 0 Å². The molecule has 2 rings (SSSR count). The van der Waals surface area contributed by atoms with Gasteiger partial charge >= 0.3 is 0 Å². The van der Waals surface area contributed by atoms with E-state index in [2.05, 4.69) is 5.32 Å². The molecule has 0 aliphatic carbocycles. The Morgan fingerprint density at radius 2 is 1.79 bits per heavy atom. The number of hydrogen-bond donors (Lipinski definition) is 1. The maximum absolute atomic E-state index is 12.2. The van der Waals surface area contributed by atoms with Gasteiger partial charge in [0.2, 0.25) is 15.9 Å². The Balaban J connectivity index is 2.05. The summed E-state index contributed by atoms with van der Waals surface area (Å²) in [5.41, 5.74) is 2.37. The zero-order chi connectivity index (χ0) is 21.8. The number of hydrogen-bond acceptors (Lipinski definition) is 5. The largest absolute Gasteiger partial charge is 0.325 e. The van der Waals surface area contributed by atoms with Crippen molar-refractivity contribution in [3.05, 3.63) is 62.7 Å². The first kappa shape index (κ1) is 22.6. The minimum absolute atomic E-state index is 0.0236. The molecule has 0 saturated carbocycles. The van der Waals surface area contributed by atoms with Crippen molar-refractivity contribution in [1.82, 2.24) is 0 Å². The van der Waals surface area contributed by atoms with Gasteiger partial charge in [-0.25, -0.2) is 8.42 Å². The SMILES string of the molecule is Cc1cc(C)cc(N(CCCC(=O)Nc2cc([N+](=O)[O-])ccc2Cl)S(C)(=O)=O)c1. The van der Waals surface area contributed by atoms with Crippen LogP contribution in [0.4, 0.5) is 17.1 Å². The molecule has 0 unspecified atom stereocenters. The summed E-state index contributed by atoms with van der Waals surface area (Å²) >= 11 is 5.97. The number of nitro benzene ring substituents is 1. The number of halogens is 1. The van der Waals surface area contributed by atoms with Crippen LogP contribution < -0.4 is 9.62 Å². The third-order valence-corrected chi connectivity index (χ3v) is 5.62. The van der Waals surface area contributed by atoms with Crippen LogP contribution >= 0.6 is 11.6 Å². The monoisotopic (exact) mass is 439 g/mol. The van der Waals surface area contributed by atoms with Crippen molar-refractivity contribution in [2.45, 2.75) is 26.7 Å². The van der Waals surface area contributed by atoms with E-state index in [9.17, 15) is 23.3 Å². The maximum Gasteiger partial charge on any atom is 0.271 e. The van der Waals surface area contributed by atoms with Crippen LogP contribution in [0, 0.1) is 24.0 Å². The van der Waals surface area contributed by atoms with Crippen LogP contribution in [-0.2, 0) is 14.8 Å². The lowest BCUT2D eigenvalue weighted by atomic mass is 10.1. The van der Waals surface area contributed by atoms with Gasteiger partial charge in [-0.15, -0.1) is 0 Å². The highest BCUT2D eigenvalue weighted by atomic mass is 35.5. The fourth-order valence-corrected chi connectivity index (χ4v) is 4.01. The number of nitrogens with one attached hydrogen (secondary N) is 1. The quantitative estimate of drug-likeness (QED) is 0.492. The molecule has 1 amide bonds. The first-order valence-electron chi connectivity index (χ1n) is 8.77. The lowest BCUT2D eigenvalue weighted by molar-refractivity contribution is -0.384. The minimum atomic E-state index is -3.52. The van der Waals surface area contributed by atoms with Crippen molar-refractivity contribution < 1.29 is 18.1 Å². The Hall–Kier alpha value is -2.65. The molecule has 0 heterocycles. The molecule has 0 aromatic heterocycles. The van der Waals surface area contributed by atoms with E-state index in [4.69, 9.17) is 11.6 Å². The maximum atomic E-state index is 12.2. The predicted octanol–water partition coefficient (Wildman–Crippen LogP) is 4.05. The molecule has 8 nitrogen and oxygen atoms in total. The van der Waals surface area contributed by atoms with E-state index < -0.39 is 20.9 Å². The summed E-state index contributed by atoms with van der Waals surface area (Å²) in [6.07, 6.45) is 1.40. The first-order chi connectivity index (χ1) is 13.5. The Labute approximate surface area is 174 Å². The smallest absolute Gasteiger partial charge is 0.271 e. The predicted molar refractivity (Wildman–Crippen MR) is 114 cm³/mol. The summed E-state index contributed by atoms with van der Waals surface area (Å²) < 4.78 is 25.7. The summed E-state index contributed by atoms with van der Waals surface area (Å²) in [5, 5.41) is 13.6. The van der Waals surface area contributed by atoms with E-state index in [1.54, 1.807) is 12.1 Å². The number of anilines is 2. The fraction of sp³-hybridized carbons (Fsp3) is 0.316. The molecule has 0 aliphatic heterocycles. The molecule has 10 heteroatoms. The standard InChI is InChI=1S/C19H22ClN3O5S/c1-13-9-14(2)11-16(10-13)22(29(3,27)28)8-4-5-19(24)21-18-12-15(23(25)26)6-7-17(18)20/h6-7,9-12H,4-5,8H2,1-3H3,(H,21,24). The second kappa shape index (κ2) is 9.23. The number of carbonyl (C=O) groups excluding carboxylic acids is 1. The number of carbonyl (C=O) groups is 1. The first-order valence-corrected chi connectivity index (χ1v) is 11.0. The van der Waals surface area contributed by atoms with Crippen LogP contribution in [0.1, 0.15) is 24.0 Å². The molecule has 29 heavy (non-hydrogen) atoms. The number of amides is 1. The number of benzene rings is 2.